The Labute approximate surface area is 207 Å². The molecule has 0 aliphatic carbocycles. The van der Waals surface area contributed by atoms with Crippen LogP contribution in [0.3, 0.4) is 0 Å². The highest BCUT2D eigenvalue weighted by molar-refractivity contribution is 6.61. The molecular weight excluding hydrogens is 474 g/mol. The van der Waals surface area contributed by atoms with Gasteiger partial charge in [-0.1, -0.05) is 18.2 Å². The second-order valence-corrected chi connectivity index (χ2v) is 12.9. The Kier molecular flexibility index (Phi) is 18.9. The van der Waals surface area contributed by atoms with Gasteiger partial charge in [-0.15, -0.1) is 0 Å². The molecule has 10 nitrogen and oxygen atoms in total. The van der Waals surface area contributed by atoms with E-state index in [0.717, 1.165) is 31.1 Å². The van der Waals surface area contributed by atoms with E-state index < -0.39 is 23.6 Å². The van der Waals surface area contributed by atoms with Crippen molar-refractivity contribution in [3.63, 3.8) is 0 Å². The maximum atomic E-state index is 10.5. The summed E-state index contributed by atoms with van der Waals surface area (Å²) in [6, 6.07) is 11.1. The van der Waals surface area contributed by atoms with Gasteiger partial charge in [0.05, 0.1) is 0 Å². The van der Waals surface area contributed by atoms with Crippen molar-refractivity contribution in [3.8, 4) is 0 Å². The molecule has 1 aromatic rings. The summed E-state index contributed by atoms with van der Waals surface area (Å²) < 4.78 is 33.1. The lowest BCUT2D eigenvalue weighted by Crippen LogP contribution is -2.46. The van der Waals surface area contributed by atoms with Gasteiger partial charge in [-0.2, -0.15) is 0 Å². The van der Waals surface area contributed by atoms with Crippen molar-refractivity contribution in [2.45, 2.75) is 45.7 Å². The van der Waals surface area contributed by atoms with Crippen LogP contribution in [0.5, 0.6) is 0 Å². The van der Waals surface area contributed by atoms with Crippen LogP contribution in [0.15, 0.2) is 30.3 Å². The van der Waals surface area contributed by atoms with Gasteiger partial charge in [-0.25, -0.2) is 4.79 Å². The third kappa shape index (κ3) is 14.0. The van der Waals surface area contributed by atoms with Crippen molar-refractivity contribution in [2.24, 2.45) is 5.73 Å². The van der Waals surface area contributed by atoms with E-state index >= 15 is 0 Å². The van der Waals surface area contributed by atoms with Crippen molar-refractivity contribution in [1.29, 1.82) is 0 Å². The molecule has 1 aromatic carbocycles. The van der Waals surface area contributed by atoms with Gasteiger partial charge in [0.2, 0.25) is 0 Å². The number of primary amides is 1. The zero-order valence-electron chi connectivity index (χ0n) is 21.7. The molecular formula is C22H45N3O7Si2. The molecule has 34 heavy (non-hydrogen) atoms. The van der Waals surface area contributed by atoms with Crippen LogP contribution in [0.25, 0.3) is 0 Å². The summed E-state index contributed by atoms with van der Waals surface area (Å²) in [5, 5.41) is 5.88. The topological polar surface area (TPSA) is 123 Å². The Balaban J connectivity index is 0.000000641. The largest absolute Gasteiger partial charge is 0.500 e. The zero-order chi connectivity index (χ0) is 25.7. The Hall–Kier alpha value is -1.52. The first kappa shape index (κ1) is 32.5. The highest BCUT2D eigenvalue weighted by Gasteiger charge is 2.39. The second kappa shape index (κ2) is 19.8. The third-order valence-electron chi connectivity index (χ3n) is 4.75. The van der Waals surface area contributed by atoms with Gasteiger partial charge >= 0.3 is 23.6 Å². The molecule has 0 heterocycles. The van der Waals surface area contributed by atoms with Crippen LogP contribution in [0.2, 0.25) is 12.1 Å². The quantitative estimate of drug-likeness (QED) is 0.199. The predicted molar refractivity (Wildman–Crippen MR) is 139 cm³/mol. The number of benzene rings is 1. The Morgan fingerprint density at radius 1 is 0.794 bits per heavy atom. The van der Waals surface area contributed by atoms with Crippen molar-refractivity contribution >= 4 is 29.3 Å². The normalized spacial score (nSPS) is 11.5. The lowest BCUT2D eigenvalue weighted by molar-refractivity contribution is 0.0708. The molecule has 0 aliphatic rings. The number of carbonyl (C=O) groups is 1. The van der Waals surface area contributed by atoms with Gasteiger partial charge in [0.25, 0.3) is 0 Å². The van der Waals surface area contributed by atoms with E-state index in [9.17, 15) is 4.79 Å². The summed E-state index contributed by atoms with van der Waals surface area (Å²) in [6.45, 7) is 8.84. The average molecular weight is 520 g/mol. The summed E-state index contributed by atoms with van der Waals surface area (Å²) in [7, 11) is -0.0271. The average Bonchev–Trinajstić information content (AvgIpc) is 2.84. The summed E-state index contributed by atoms with van der Waals surface area (Å²) >= 11 is 0. The Morgan fingerprint density at radius 3 is 1.71 bits per heavy atom. The van der Waals surface area contributed by atoms with E-state index in [4.69, 9.17) is 32.3 Å². The Bertz CT molecular complexity index is 600. The van der Waals surface area contributed by atoms with Gasteiger partial charge in [0, 0.05) is 72.0 Å². The van der Waals surface area contributed by atoms with E-state index in [2.05, 4.69) is 10.6 Å². The number of anilines is 1. The number of urea groups is 1. The maximum absolute atomic E-state index is 10.5. The summed E-state index contributed by atoms with van der Waals surface area (Å²) in [5.74, 6) is 0. The molecule has 4 N–H and O–H groups in total. The van der Waals surface area contributed by atoms with Crippen LogP contribution in [-0.2, 0) is 26.6 Å². The first-order valence-corrected chi connectivity index (χ1v) is 15.6. The molecule has 0 unspecified atom stereocenters. The van der Waals surface area contributed by atoms with Crippen LogP contribution < -0.4 is 16.4 Å². The molecule has 0 radical (unpaired) electrons. The number of amides is 2. The third-order valence-corrected chi connectivity index (χ3v) is 10.7. The standard InChI is InChI=1S/C12H21NO3Si.C10H24N2O4Si/c1-14-17(15-2,16-3)11-7-10-13-12-8-5-4-6-9-12;1-4-14-17(15-5-2,16-6-3)9-7-8-12-10(11)13/h4-6,8-9,13H,7,10-11H2,1-3H3;4-9H2,1-3H3,(H3,11,12,13). The van der Waals surface area contributed by atoms with Gasteiger partial charge in [0.15, 0.2) is 0 Å². The highest BCUT2D eigenvalue weighted by Crippen LogP contribution is 2.18. The summed E-state index contributed by atoms with van der Waals surface area (Å²) in [6.07, 6.45) is 1.69. The van der Waals surface area contributed by atoms with Crippen LogP contribution in [-0.4, -0.2) is 77.9 Å². The molecule has 0 saturated carbocycles. The maximum Gasteiger partial charge on any atom is 0.500 e. The molecule has 12 heteroatoms. The van der Waals surface area contributed by atoms with Crippen LogP contribution in [0, 0.1) is 0 Å². The number of hydrogen-bond donors (Lipinski definition) is 3. The van der Waals surface area contributed by atoms with Gasteiger partial charge < -0.3 is 42.9 Å². The second-order valence-electron chi connectivity index (χ2n) is 7.07. The monoisotopic (exact) mass is 519 g/mol. The molecule has 0 aliphatic heterocycles. The van der Waals surface area contributed by atoms with Crippen LogP contribution in [0.1, 0.15) is 33.6 Å². The van der Waals surface area contributed by atoms with Gasteiger partial charge in [-0.3, -0.25) is 0 Å². The fourth-order valence-electron chi connectivity index (χ4n) is 3.17. The smallest absolute Gasteiger partial charge is 0.385 e. The fourth-order valence-corrected chi connectivity index (χ4v) is 7.50. The van der Waals surface area contributed by atoms with Gasteiger partial charge in [0.1, 0.15) is 0 Å². The number of carbonyl (C=O) groups excluding carboxylic acids is 1. The number of nitrogens with one attached hydrogen (secondary N) is 2. The first-order valence-electron chi connectivity index (χ1n) is 11.8. The van der Waals surface area contributed by atoms with Crippen molar-refractivity contribution in [3.05, 3.63) is 30.3 Å². The van der Waals surface area contributed by atoms with E-state index in [1.54, 1.807) is 21.3 Å². The van der Waals surface area contributed by atoms with Gasteiger partial charge in [-0.05, 0) is 45.7 Å². The molecule has 0 saturated heterocycles. The SMILES string of the molecule is CCO[Si](CCCNC(N)=O)(OCC)OCC.CO[Si](CCCNc1ccccc1)(OC)OC. The predicted octanol–water partition coefficient (Wildman–Crippen LogP) is 3.46. The van der Waals surface area contributed by atoms with E-state index in [1.165, 1.54) is 0 Å². The highest BCUT2D eigenvalue weighted by atomic mass is 28.4. The summed E-state index contributed by atoms with van der Waals surface area (Å²) in [5.41, 5.74) is 6.12. The van der Waals surface area contributed by atoms with Crippen LogP contribution in [0.4, 0.5) is 10.5 Å². The number of nitrogens with two attached hydrogens (primary N) is 1. The molecule has 198 valence electrons. The molecule has 0 fully saturated rings. The molecule has 0 atom stereocenters. The molecule has 0 spiro atoms. The molecule has 0 aromatic heterocycles. The number of para-hydroxylation sites is 1. The molecule has 2 amide bonds. The van der Waals surface area contributed by atoms with E-state index in [1.807, 2.05) is 51.1 Å². The minimum Gasteiger partial charge on any atom is -0.385 e. The van der Waals surface area contributed by atoms with Crippen molar-refractivity contribution in [1.82, 2.24) is 5.32 Å². The van der Waals surface area contributed by atoms with E-state index in [0.29, 0.717) is 32.4 Å². The van der Waals surface area contributed by atoms with Crippen molar-refractivity contribution in [2.75, 3.05) is 59.6 Å². The zero-order valence-corrected chi connectivity index (χ0v) is 23.7. The summed E-state index contributed by atoms with van der Waals surface area (Å²) in [4.78, 5) is 10.5. The first-order chi connectivity index (χ1) is 16.4. The minimum absolute atomic E-state index is 0.511. The number of hydrogen-bond acceptors (Lipinski definition) is 8. The fraction of sp³-hybridized carbons (Fsp3) is 0.682. The lowest BCUT2D eigenvalue weighted by Gasteiger charge is -2.28. The Morgan fingerprint density at radius 2 is 1.26 bits per heavy atom. The molecule has 1 rings (SSSR count). The van der Waals surface area contributed by atoms with Crippen LogP contribution >= 0.6 is 0 Å². The lowest BCUT2D eigenvalue weighted by atomic mass is 10.3. The molecule has 0 bridgehead atoms. The number of rotatable bonds is 18. The van der Waals surface area contributed by atoms with E-state index in [-0.39, 0.29) is 0 Å². The minimum atomic E-state index is -2.56. The van der Waals surface area contributed by atoms with Crippen molar-refractivity contribution < 1.29 is 31.4 Å².